The van der Waals surface area contributed by atoms with Crippen molar-refractivity contribution in [2.24, 2.45) is 5.92 Å². The highest BCUT2D eigenvalue weighted by atomic mass is 15.2. The minimum absolute atomic E-state index is 0.265. The molecule has 96 valence electrons. The second-order valence-electron chi connectivity index (χ2n) is 6.56. The maximum Gasteiger partial charge on any atom is 0.00965 e. The molecule has 0 radical (unpaired) electrons. The molecule has 1 aliphatic rings. The van der Waals surface area contributed by atoms with E-state index in [2.05, 4.69) is 44.8 Å². The summed E-state index contributed by atoms with van der Waals surface area (Å²) >= 11 is 0. The molecule has 2 unspecified atom stereocenters. The van der Waals surface area contributed by atoms with E-state index in [9.17, 15) is 0 Å². The summed E-state index contributed by atoms with van der Waals surface area (Å²) in [6, 6.07) is 0.797. The molecule has 2 atom stereocenters. The Balaban J connectivity index is 2.16. The van der Waals surface area contributed by atoms with Crippen LogP contribution >= 0.6 is 0 Å². The van der Waals surface area contributed by atoms with Crippen molar-refractivity contribution in [2.45, 2.75) is 65.5 Å². The molecule has 2 nitrogen and oxygen atoms in total. The van der Waals surface area contributed by atoms with Gasteiger partial charge in [0.05, 0.1) is 0 Å². The Kier molecular flexibility index (Phi) is 5.26. The van der Waals surface area contributed by atoms with Crippen LogP contribution in [0.1, 0.15) is 53.9 Å². The Morgan fingerprint density at radius 3 is 2.50 bits per heavy atom. The van der Waals surface area contributed by atoms with Crippen LogP contribution in [-0.2, 0) is 0 Å². The summed E-state index contributed by atoms with van der Waals surface area (Å²) in [5, 5.41) is 3.56. The fourth-order valence-electron chi connectivity index (χ4n) is 2.44. The molecule has 1 saturated heterocycles. The molecule has 16 heavy (non-hydrogen) atoms. The Hall–Kier alpha value is -0.0800. The summed E-state index contributed by atoms with van der Waals surface area (Å²) in [5.74, 6) is 0.895. The van der Waals surface area contributed by atoms with Gasteiger partial charge in [-0.25, -0.2) is 0 Å². The highest BCUT2D eigenvalue weighted by Crippen LogP contribution is 2.21. The number of piperidine rings is 1. The van der Waals surface area contributed by atoms with Gasteiger partial charge in [0.1, 0.15) is 0 Å². The van der Waals surface area contributed by atoms with Crippen LogP contribution < -0.4 is 5.32 Å². The van der Waals surface area contributed by atoms with Crippen LogP contribution in [0.5, 0.6) is 0 Å². The van der Waals surface area contributed by atoms with Gasteiger partial charge in [-0.3, -0.25) is 0 Å². The third-order valence-electron chi connectivity index (χ3n) is 3.52. The van der Waals surface area contributed by atoms with Crippen LogP contribution in [-0.4, -0.2) is 36.1 Å². The predicted octanol–water partition coefficient (Wildman–Crippen LogP) is 2.89. The van der Waals surface area contributed by atoms with Crippen LogP contribution in [0.25, 0.3) is 0 Å². The summed E-state index contributed by atoms with van der Waals surface area (Å²) in [7, 11) is 0. The quantitative estimate of drug-likeness (QED) is 0.742. The smallest absolute Gasteiger partial charge is 0.00965 e. The second kappa shape index (κ2) is 6.02. The topological polar surface area (TPSA) is 15.3 Å². The lowest BCUT2D eigenvalue weighted by Crippen LogP contribution is -2.43. The van der Waals surface area contributed by atoms with E-state index in [4.69, 9.17) is 0 Å². The first-order valence-electron chi connectivity index (χ1n) is 6.87. The molecule has 1 N–H and O–H groups in total. The molecule has 1 heterocycles. The monoisotopic (exact) mass is 226 g/mol. The van der Waals surface area contributed by atoms with E-state index in [0.717, 1.165) is 18.5 Å². The summed E-state index contributed by atoms with van der Waals surface area (Å²) in [6.45, 7) is 15.2. The second-order valence-corrected chi connectivity index (χ2v) is 6.56. The lowest BCUT2D eigenvalue weighted by atomic mass is 9.95. The van der Waals surface area contributed by atoms with Crippen LogP contribution in [0, 0.1) is 5.92 Å². The van der Waals surface area contributed by atoms with E-state index in [-0.39, 0.29) is 5.54 Å². The maximum atomic E-state index is 3.56. The molecule has 1 aliphatic heterocycles. The highest BCUT2D eigenvalue weighted by Gasteiger charge is 2.22. The number of rotatable bonds is 4. The van der Waals surface area contributed by atoms with Gasteiger partial charge in [0, 0.05) is 18.1 Å². The predicted molar refractivity (Wildman–Crippen MR) is 71.8 cm³/mol. The van der Waals surface area contributed by atoms with E-state index >= 15 is 0 Å². The molecule has 0 bridgehead atoms. The van der Waals surface area contributed by atoms with Gasteiger partial charge in [0.25, 0.3) is 0 Å². The molecule has 0 aromatic carbocycles. The van der Waals surface area contributed by atoms with Crippen molar-refractivity contribution in [3.05, 3.63) is 0 Å². The minimum atomic E-state index is 0.265. The number of nitrogens with one attached hydrogen (secondary N) is 1. The van der Waals surface area contributed by atoms with Crippen LogP contribution in [0.3, 0.4) is 0 Å². The van der Waals surface area contributed by atoms with E-state index in [1.54, 1.807) is 0 Å². The molecule has 1 fully saturated rings. The summed E-state index contributed by atoms with van der Waals surface area (Å²) in [6.07, 6.45) is 4.07. The normalized spacial score (nSPS) is 28.3. The van der Waals surface area contributed by atoms with E-state index < -0.39 is 0 Å². The lowest BCUT2D eigenvalue weighted by Gasteiger charge is -2.37. The Morgan fingerprint density at radius 1 is 1.19 bits per heavy atom. The molecule has 2 heteroatoms. The summed E-state index contributed by atoms with van der Waals surface area (Å²) < 4.78 is 0. The van der Waals surface area contributed by atoms with Gasteiger partial charge >= 0.3 is 0 Å². The molecule has 0 spiro atoms. The molecule has 0 aliphatic carbocycles. The third-order valence-corrected chi connectivity index (χ3v) is 3.52. The number of nitrogens with zero attached hydrogens (tertiary/aromatic N) is 1. The molecular formula is C14H30N2. The molecule has 0 aromatic heterocycles. The van der Waals surface area contributed by atoms with Crippen molar-refractivity contribution in [3.8, 4) is 0 Å². The lowest BCUT2D eigenvalue weighted by molar-refractivity contribution is 0.123. The molecule has 1 rings (SSSR count). The zero-order valence-electron chi connectivity index (χ0n) is 11.8. The number of hydrogen-bond donors (Lipinski definition) is 1. The fourth-order valence-corrected chi connectivity index (χ4v) is 2.44. The van der Waals surface area contributed by atoms with Crippen LogP contribution in [0.2, 0.25) is 0 Å². The Bertz CT molecular complexity index is 195. The Labute approximate surface area is 102 Å². The van der Waals surface area contributed by atoms with Crippen molar-refractivity contribution in [2.75, 3.05) is 19.6 Å². The number of hydrogen-bond acceptors (Lipinski definition) is 2. The van der Waals surface area contributed by atoms with E-state index in [1.807, 2.05) is 0 Å². The minimum Gasteiger partial charge on any atom is -0.312 e. The molecule has 0 aromatic rings. The highest BCUT2D eigenvalue weighted by molar-refractivity contribution is 4.77. The maximum absolute atomic E-state index is 3.56. The first-order chi connectivity index (χ1) is 7.38. The van der Waals surface area contributed by atoms with Gasteiger partial charge in [-0.2, -0.15) is 0 Å². The molecular weight excluding hydrogens is 196 g/mol. The SMILES string of the molecule is CC1CCC(C)N(CCCNC(C)(C)C)C1. The average molecular weight is 226 g/mol. The number of likely N-dealkylation sites (tertiary alicyclic amines) is 1. The van der Waals surface area contributed by atoms with Gasteiger partial charge in [-0.05, 0) is 66.0 Å². The van der Waals surface area contributed by atoms with Crippen molar-refractivity contribution in [3.63, 3.8) is 0 Å². The van der Waals surface area contributed by atoms with E-state index in [0.29, 0.717) is 0 Å². The largest absolute Gasteiger partial charge is 0.312 e. The van der Waals surface area contributed by atoms with Gasteiger partial charge in [-0.15, -0.1) is 0 Å². The van der Waals surface area contributed by atoms with Crippen molar-refractivity contribution >= 4 is 0 Å². The van der Waals surface area contributed by atoms with Gasteiger partial charge < -0.3 is 10.2 Å². The molecule has 0 saturated carbocycles. The van der Waals surface area contributed by atoms with Crippen LogP contribution in [0.15, 0.2) is 0 Å². The van der Waals surface area contributed by atoms with Gasteiger partial charge in [0.15, 0.2) is 0 Å². The summed E-state index contributed by atoms with van der Waals surface area (Å²) in [5.41, 5.74) is 0.265. The Morgan fingerprint density at radius 2 is 1.88 bits per heavy atom. The molecule has 0 amide bonds. The van der Waals surface area contributed by atoms with Crippen molar-refractivity contribution in [1.29, 1.82) is 0 Å². The van der Waals surface area contributed by atoms with Gasteiger partial charge in [0.2, 0.25) is 0 Å². The first-order valence-corrected chi connectivity index (χ1v) is 6.87. The first kappa shape index (κ1) is 14.0. The van der Waals surface area contributed by atoms with E-state index in [1.165, 1.54) is 32.4 Å². The van der Waals surface area contributed by atoms with Crippen molar-refractivity contribution in [1.82, 2.24) is 10.2 Å². The standard InChI is InChI=1S/C14H30N2/c1-12-7-8-13(2)16(11-12)10-6-9-15-14(3,4)5/h12-13,15H,6-11H2,1-5H3. The van der Waals surface area contributed by atoms with Gasteiger partial charge in [-0.1, -0.05) is 6.92 Å². The third kappa shape index (κ3) is 5.31. The summed E-state index contributed by atoms with van der Waals surface area (Å²) in [4.78, 5) is 2.67. The van der Waals surface area contributed by atoms with Crippen LogP contribution in [0.4, 0.5) is 0 Å². The van der Waals surface area contributed by atoms with Crippen molar-refractivity contribution < 1.29 is 0 Å². The zero-order chi connectivity index (χ0) is 12.2. The average Bonchev–Trinajstić information content (AvgIpc) is 2.16. The fraction of sp³-hybridized carbons (Fsp3) is 1.00. The zero-order valence-corrected chi connectivity index (χ0v) is 11.8.